The van der Waals surface area contributed by atoms with Crippen molar-refractivity contribution < 1.29 is 29.3 Å². The van der Waals surface area contributed by atoms with Crippen molar-refractivity contribution in [3.63, 3.8) is 0 Å². The molecule has 1 rings (SSSR count). The SMILES string of the molecule is O=C(CO)Oc1cccc(C(=O)OCO)c1. The second-order valence-electron chi connectivity index (χ2n) is 2.72. The molecule has 0 spiro atoms. The average Bonchev–Trinajstić information content (AvgIpc) is 2.29. The molecule has 0 aromatic heterocycles. The lowest BCUT2D eigenvalue weighted by Gasteiger charge is -2.04. The third kappa shape index (κ3) is 3.34. The molecule has 1 aromatic rings. The molecule has 0 saturated heterocycles. The highest BCUT2D eigenvalue weighted by atomic mass is 16.6. The highest BCUT2D eigenvalue weighted by Crippen LogP contribution is 2.14. The number of carbonyl (C=O) groups excluding carboxylic acids is 2. The van der Waals surface area contributed by atoms with Gasteiger partial charge in [0.05, 0.1) is 5.56 Å². The topological polar surface area (TPSA) is 93.1 Å². The molecular weight excluding hydrogens is 216 g/mol. The van der Waals surface area contributed by atoms with Crippen molar-refractivity contribution in [3.8, 4) is 5.75 Å². The van der Waals surface area contributed by atoms with E-state index in [-0.39, 0.29) is 11.3 Å². The molecule has 0 amide bonds. The van der Waals surface area contributed by atoms with Crippen molar-refractivity contribution >= 4 is 11.9 Å². The summed E-state index contributed by atoms with van der Waals surface area (Å²) in [5.41, 5.74) is 0.136. The van der Waals surface area contributed by atoms with Gasteiger partial charge in [0.1, 0.15) is 12.4 Å². The van der Waals surface area contributed by atoms with Crippen LogP contribution in [0.25, 0.3) is 0 Å². The summed E-state index contributed by atoms with van der Waals surface area (Å²) in [5.74, 6) is -1.44. The first-order chi connectivity index (χ1) is 7.67. The molecule has 6 heteroatoms. The second kappa shape index (κ2) is 5.84. The molecule has 0 aliphatic rings. The minimum Gasteiger partial charge on any atom is -0.435 e. The zero-order chi connectivity index (χ0) is 12.0. The third-order valence-electron chi connectivity index (χ3n) is 1.63. The minimum atomic E-state index is -0.826. The van der Waals surface area contributed by atoms with Gasteiger partial charge in [0, 0.05) is 0 Å². The van der Waals surface area contributed by atoms with Crippen LogP contribution in [0.1, 0.15) is 10.4 Å². The van der Waals surface area contributed by atoms with Crippen molar-refractivity contribution in [2.75, 3.05) is 13.4 Å². The van der Waals surface area contributed by atoms with E-state index < -0.39 is 25.3 Å². The minimum absolute atomic E-state index is 0.117. The summed E-state index contributed by atoms with van der Waals surface area (Å²) in [6, 6.07) is 5.64. The zero-order valence-electron chi connectivity index (χ0n) is 8.25. The molecule has 0 radical (unpaired) electrons. The maximum absolute atomic E-state index is 11.2. The number of aliphatic hydroxyl groups is 2. The van der Waals surface area contributed by atoms with Crippen molar-refractivity contribution in [2.24, 2.45) is 0 Å². The van der Waals surface area contributed by atoms with Gasteiger partial charge in [-0.05, 0) is 18.2 Å². The van der Waals surface area contributed by atoms with Crippen LogP contribution in [0.3, 0.4) is 0 Å². The van der Waals surface area contributed by atoms with E-state index in [4.69, 9.17) is 10.2 Å². The van der Waals surface area contributed by atoms with E-state index in [1.54, 1.807) is 0 Å². The van der Waals surface area contributed by atoms with E-state index in [2.05, 4.69) is 9.47 Å². The van der Waals surface area contributed by atoms with Gasteiger partial charge in [0.2, 0.25) is 0 Å². The van der Waals surface area contributed by atoms with Crippen LogP contribution in [-0.4, -0.2) is 35.6 Å². The predicted molar refractivity (Wildman–Crippen MR) is 51.7 cm³/mol. The van der Waals surface area contributed by atoms with Crippen LogP contribution in [0.5, 0.6) is 5.75 Å². The van der Waals surface area contributed by atoms with Crippen LogP contribution in [0, 0.1) is 0 Å². The quantitative estimate of drug-likeness (QED) is 0.415. The van der Waals surface area contributed by atoms with E-state index in [0.717, 1.165) is 0 Å². The van der Waals surface area contributed by atoms with Crippen LogP contribution in [-0.2, 0) is 9.53 Å². The summed E-state index contributed by atoms with van der Waals surface area (Å²) in [6.07, 6.45) is 0. The number of rotatable bonds is 4. The zero-order valence-corrected chi connectivity index (χ0v) is 8.25. The Kier molecular flexibility index (Phi) is 4.43. The van der Waals surface area contributed by atoms with E-state index in [9.17, 15) is 9.59 Å². The van der Waals surface area contributed by atoms with Gasteiger partial charge in [0.15, 0.2) is 6.79 Å². The van der Waals surface area contributed by atoms with Gasteiger partial charge in [-0.15, -0.1) is 0 Å². The van der Waals surface area contributed by atoms with Gasteiger partial charge in [-0.1, -0.05) is 6.07 Å². The summed E-state index contributed by atoms with van der Waals surface area (Å²) < 4.78 is 9.01. The molecule has 0 bridgehead atoms. The fraction of sp³-hybridized carbons (Fsp3) is 0.200. The van der Waals surface area contributed by atoms with Gasteiger partial charge in [-0.25, -0.2) is 9.59 Å². The Morgan fingerprint density at radius 1 is 1.25 bits per heavy atom. The van der Waals surface area contributed by atoms with Crippen LogP contribution >= 0.6 is 0 Å². The summed E-state index contributed by atoms with van der Waals surface area (Å²) in [6.45, 7) is -1.47. The van der Waals surface area contributed by atoms with Gasteiger partial charge < -0.3 is 19.7 Å². The maximum atomic E-state index is 11.2. The largest absolute Gasteiger partial charge is 0.435 e. The summed E-state index contributed by atoms with van der Waals surface area (Å²) >= 11 is 0. The molecule has 0 aliphatic heterocycles. The van der Waals surface area contributed by atoms with Crippen LogP contribution in [0.4, 0.5) is 0 Å². The Morgan fingerprint density at radius 3 is 2.62 bits per heavy atom. The number of benzene rings is 1. The van der Waals surface area contributed by atoms with Gasteiger partial charge in [-0.2, -0.15) is 0 Å². The summed E-state index contributed by atoms with van der Waals surface area (Å²) in [7, 11) is 0. The van der Waals surface area contributed by atoms with E-state index in [1.165, 1.54) is 24.3 Å². The summed E-state index contributed by atoms with van der Waals surface area (Å²) in [4.78, 5) is 21.9. The van der Waals surface area contributed by atoms with Crippen molar-refractivity contribution in [1.82, 2.24) is 0 Å². The van der Waals surface area contributed by atoms with E-state index in [1.807, 2.05) is 0 Å². The molecular formula is C10H10O6. The number of carbonyl (C=O) groups is 2. The standard InChI is InChI=1S/C10H10O6/c11-5-9(13)16-8-3-1-2-7(4-8)10(14)15-6-12/h1-4,11-12H,5-6H2. The lowest BCUT2D eigenvalue weighted by molar-refractivity contribution is -0.137. The highest BCUT2D eigenvalue weighted by Gasteiger charge is 2.09. The first-order valence-corrected chi connectivity index (χ1v) is 4.37. The Morgan fingerprint density at radius 2 is 2.00 bits per heavy atom. The number of hydrogen-bond donors (Lipinski definition) is 2. The molecule has 0 heterocycles. The third-order valence-corrected chi connectivity index (χ3v) is 1.63. The lowest BCUT2D eigenvalue weighted by atomic mass is 10.2. The molecule has 0 unspecified atom stereocenters. The monoisotopic (exact) mass is 226 g/mol. The first-order valence-electron chi connectivity index (χ1n) is 4.37. The number of hydrogen-bond acceptors (Lipinski definition) is 6. The number of esters is 2. The highest BCUT2D eigenvalue weighted by molar-refractivity contribution is 5.90. The Labute approximate surface area is 91.0 Å². The van der Waals surface area contributed by atoms with Crippen LogP contribution < -0.4 is 4.74 Å². The van der Waals surface area contributed by atoms with Gasteiger partial charge >= 0.3 is 11.9 Å². The molecule has 1 aromatic carbocycles. The summed E-state index contributed by atoms with van der Waals surface area (Å²) in [5, 5.41) is 16.8. The van der Waals surface area contributed by atoms with E-state index in [0.29, 0.717) is 0 Å². The van der Waals surface area contributed by atoms with E-state index >= 15 is 0 Å². The van der Waals surface area contributed by atoms with Crippen LogP contribution in [0.15, 0.2) is 24.3 Å². The smallest absolute Gasteiger partial charge is 0.340 e. The number of aliphatic hydroxyl groups excluding tert-OH is 2. The maximum Gasteiger partial charge on any atom is 0.340 e. The molecule has 86 valence electrons. The van der Waals surface area contributed by atoms with Crippen molar-refractivity contribution in [3.05, 3.63) is 29.8 Å². The van der Waals surface area contributed by atoms with Gasteiger partial charge in [0.25, 0.3) is 0 Å². The normalized spacial score (nSPS) is 9.62. The molecule has 16 heavy (non-hydrogen) atoms. The molecule has 2 N–H and O–H groups in total. The molecule has 0 fully saturated rings. The Bertz CT molecular complexity index is 387. The fourth-order valence-corrected chi connectivity index (χ4v) is 0.992. The second-order valence-corrected chi connectivity index (χ2v) is 2.72. The van der Waals surface area contributed by atoms with Crippen molar-refractivity contribution in [1.29, 1.82) is 0 Å². The van der Waals surface area contributed by atoms with Gasteiger partial charge in [-0.3, -0.25) is 0 Å². The van der Waals surface area contributed by atoms with Crippen LogP contribution in [0.2, 0.25) is 0 Å². The average molecular weight is 226 g/mol. The Hall–Kier alpha value is -1.92. The predicted octanol–water partition coefficient (Wildman–Crippen LogP) is -0.309. The molecule has 6 nitrogen and oxygen atoms in total. The lowest BCUT2D eigenvalue weighted by Crippen LogP contribution is -2.13. The first kappa shape index (κ1) is 12.2. The Balaban J connectivity index is 2.78. The number of ether oxygens (including phenoxy) is 2. The van der Waals surface area contributed by atoms with Crippen molar-refractivity contribution in [2.45, 2.75) is 0 Å². The molecule has 0 aliphatic carbocycles. The fourth-order valence-electron chi connectivity index (χ4n) is 0.992. The molecule has 0 atom stereocenters. The molecule has 0 saturated carbocycles.